The minimum atomic E-state index is 0.198. The van der Waals surface area contributed by atoms with E-state index in [1.807, 2.05) is 11.9 Å². The van der Waals surface area contributed by atoms with Crippen LogP contribution in [0.1, 0.15) is 32.6 Å². The van der Waals surface area contributed by atoms with Gasteiger partial charge in [0.05, 0.1) is 0 Å². The van der Waals surface area contributed by atoms with Crippen LogP contribution in [0.15, 0.2) is 0 Å². The van der Waals surface area contributed by atoms with Gasteiger partial charge in [0.15, 0.2) is 0 Å². The summed E-state index contributed by atoms with van der Waals surface area (Å²) in [5, 5.41) is 13.1. The second-order valence-electron chi connectivity index (χ2n) is 4.77. The predicted octanol–water partition coefficient (Wildman–Crippen LogP) is 0.617. The lowest BCUT2D eigenvalue weighted by Gasteiger charge is -2.40. The molecule has 1 unspecified atom stereocenters. The number of rotatable bonds is 4. The van der Waals surface area contributed by atoms with Crippen LogP contribution in [0.4, 0.5) is 0 Å². The van der Waals surface area contributed by atoms with E-state index in [-0.39, 0.29) is 18.4 Å². The van der Waals surface area contributed by atoms with E-state index in [0.29, 0.717) is 12.5 Å². The summed E-state index contributed by atoms with van der Waals surface area (Å²) in [6.07, 6.45) is 4.19. The quantitative estimate of drug-likeness (QED) is 0.743. The molecule has 1 aliphatic carbocycles. The minimum absolute atomic E-state index is 0.198. The van der Waals surface area contributed by atoms with Gasteiger partial charge in [-0.3, -0.25) is 9.80 Å². The molecule has 1 saturated carbocycles. The molecular formula is C11H20N2O2. The summed E-state index contributed by atoms with van der Waals surface area (Å²) in [4.78, 5) is 11.7. The van der Waals surface area contributed by atoms with Crippen LogP contribution in [0.5, 0.6) is 0 Å². The number of amides is 1. The molecule has 1 atom stereocenters. The third kappa shape index (κ3) is 2.16. The Morgan fingerprint density at radius 1 is 1.53 bits per heavy atom. The maximum Gasteiger partial charge on any atom is 0.238 e. The Bertz CT molecular complexity index is 241. The van der Waals surface area contributed by atoms with Gasteiger partial charge < -0.3 is 5.11 Å². The van der Waals surface area contributed by atoms with Crippen LogP contribution in [-0.4, -0.2) is 46.8 Å². The van der Waals surface area contributed by atoms with E-state index in [9.17, 15) is 4.79 Å². The Kier molecular flexibility index (Phi) is 3.26. The number of carbonyl (C=O) groups is 1. The molecule has 0 aromatic heterocycles. The number of nitrogens with zero attached hydrogens (tertiary/aromatic N) is 2. The molecule has 0 bridgehead atoms. The van der Waals surface area contributed by atoms with Crippen molar-refractivity contribution >= 4 is 5.91 Å². The summed E-state index contributed by atoms with van der Waals surface area (Å²) >= 11 is 0. The fourth-order valence-electron chi connectivity index (χ4n) is 2.27. The maximum absolute atomic E-state index is 11.7. The highest BCUT2D eigenvalue weighted by Gasteiger charge is 2.37. The second-order valence-corrected chi connectivity index (χ2v) is 4.77. The summed E-state index contributed by atoms with van der Waals surface area (Å²) in [5.41, 5.74) is 0. The third-order valence-corrected chi connectivity index (χ3v) is 3.40. The Balaban J connectivity index is 1.94. The summed E-state index contributed by atoms with van der Waals surface area (Å²) < 4.78 is 0. The number of hydrogen-bond donors (Lipinski definition) is 1. The third-order valence-electron chi connectivity index (χ3n) is 3.40. The summed E-state index contributed by atoms with van der Waals surface area (Å²) in [6, 6.07) is 0.450. The zero-order valence-electron chi connectivity index (χ0n) is 9.35. The largest absolute Gasteiger partial charge is 0.396 e. The van der Waals surface area contributed by atoms with Gasteiger partial charge in [-0.25, -0.2) is 5.01 Å². The van der Waals surface area contributed by atoms with E-state index in [1.54, 1.807) is 0 Å². The standard InChI is InChI=1S/C11H20N2O2/c1-9(8-14)7-12-6-5-11(15)13(12)10-3-2-4-10/h9-10,14H,2-8H2,1H3. The Morgan fingerprint density at radius 2 is 2.27 bits per heavy atom. The van der Waals surface area contributed by atoms with E-state index >= 15 is 0 Å². The molecule has 4 heteroatoms. The molecule has 1 aliphatic heterocycles. The summed E-state index contributed by atoms with van der Waals surface area (Å²) in [6.45, 7) is 3.85. The molecule has 1 heterocycles. The van der Waals surface area contributed by atoms with E-state index in [2.05, 4.69) is 5.01 Å². The van der Waals surface area contributed by atoms with Crippen LogP contribution >= 0.6 is 0 Å². The molecule has 86 valence electrons. The van der Waals surface area contributed by atoms with Crippen molar-refractivity contribution in [3.05, 3.63) is 0 Å². The molecule has 2 rings (SSSR count). The van der Waals surface area contributed by atoms with Gasteiger partial charge >= 0.3 is 0 Å². The summed E-state index contributed by atoms with van der Waals surface area (Å²) in [7, 11) is 0. The minimum Gasteiger partial charge on any atom is -0.396 e. The SMILES string of the molecule is CC(CO)CN1CCC(=O)N1C1CCC1. The van der Waals surface area contributed by atoms with Crippen molar-refractivity contribution in [2.75, 3.05) is 19.7 Å². The van der Waals surface area contributed by atoms with E-state index in [1.165, 1.54) is 6.42 Å². The average Bonchev–Trinajstić information content (AvgIpc) is 2.47. The smallest absolute Gasteiger partial charge is 0.238 e. The van der Waals surface area contributed by atoms with Crippen LogP contribution in [0.2, 0.25) is 0 Å². The highest BCUT2D eigenvalue weighted by molar-refractivity contribution is 5.78. The molecule has 0 spiro atoms. The molecular weight excluding hydrogens is 192 g/mol. The molecule has 4 nitrogen and oxygen atoms in total. The van der Waals surface area contributed by atoms with Crippen molar-refractivity contribution in [3.63, 3.8) is 0 Å². The van der Waals surface area contributed by atoms with Crippen molar-refractivity contribution in [2.45, 2.75) is 38.6 Å². The van der Waals surface area contributed by atoms with Crippen LogP contribution in [0, 0.1) is 5.92 Å². The van der Waals surface area contributed by atoms with Gasteiger partial charge in [-0.05, 0) is 25.2 Å². The molecule has 1 saturated heterocycles. The lowest BCUT2D eigenvalue weighted by atomic mass is 9.92. The highest BCUT2D eigenvalue weighted by Crippen LogP contribution is 2.29. The second kappa shape index (κ2) is 4.49. The zero-order chi connectivity index (χ0) is 10.8. The van der Waals surface area contributed by atoms with Crippen LogP contribution in [0.3, 0.4) is 0 Å². The molecule has 2 fully saturated rings. The maximum atomic E-state index is 11.7. The van der Waals surface area contributed by atoms with Gasteiger partial charge in [-0.1, -0.05) is 6.92 Å². The van der Waals surface area contributed by atoms with Gasteiger partial charge in [0.25, 0.3) is 0 Å². The fourth-order valence-corrected chi connectivity index (χ4v) is 2.27. The number of aliphatic hydroxyl groups excluding tert-OH is 1. The van der Waals surface area contributed by atoms with Crippen molar-refractivity contribution < 1.29 is 9.90 Å². The van der Waals surface area contributed by atoms with Crippen molar-refractivity contribution in [3.8, 4) is 0 Å². The van der Waals surface area contributed by atoms with Gasteiger partial charge in [-0.15, -0.1) is 0 Å². The number of hydrazine groups is 1. The Labute approximate surface area is 90.8 Å². The highest BCUT2D eigenvalue weighted by atomic mass is 16.3. The van der Waals surface area contributed by atoms with Crippen LogP contribution < -0.4 is 0 Å². The topological polar surface area (TPSA) is 43.8 Å². The number of aliphatic hydroxyl groups is 1. The van der Waals surface area contributed by atoms with E-state index in [4.69, 9.17) is 5.11 Å². The zero-order valence-corrected chi connectivity index (χ0v) is 9.35. The monoisotopic (exact) mass is 212 g/mol. The number of carbonyl (C=O) groups excluding carboxylic acids is 1. The molecule has 2 aliphatic rings. The molecule has 0 aromatic carbocycles. The molecule has 1 N–H and O–H groups in total. The van der Waals surface area contributed by atoms with Crippen molar-refractivity contribution in [2.24, 2.45) is 5.92 Å². The molecule has 1 amide bonds. The molecule has 0 aromatic rings. The first-order valence-electron chi connectivity index (χ1n) is 5.90. The Hall–Kier alpha value is -0.610. The fraction of sp³-hybridized carbons (Fsp3) is 0.909. The Morgan fingerprint density at radius 3 is 2.80 bits per heavy atom. The number of hydrogen-bond acceptors (Lipinski definition) is 3. The van der Waals surface area contributed by atoms with Gasteiger partial charge in [-0.2, -0.15) is 0 Å². The molecule has 0 radical (unpaired) electrons. The average molecular weight is 212 g/mol. The normalized spacial score (nSPS) is 25.7. The van der Waals surface area contributed by atoms with Crippen LogP contribution in [0.25, 0.3) is 0 Å². The first-order valence-corrected chi connectivity index (χ1v) is 5.90. The van der Waals surface area contributed by atoms with Crippen molar-refractivity contribution in [1.29, 1.82) is 0 Å². The first kappa shape index (κ1) is 10.9. The first-order chi connectivity index (χ1) is 7.22. The van der Waals surface area contributed by atoms with Gasteiger partial charge in [0.1, 0.15) is 0 Å². The predicted molar refractivity (Wildman–Crippen MR) is 56.9 cm³/mol. The lowest BCUT2D eigenvalue weighted by molar-refractivity contribution is -0.147. The summed E-state index contributed by atoms with van der Waals surface area (Å²) in [5.74, 6) is 0.517. The van der Waals surface area contributed by atoms with Crippen LogP contribution in [-0.2, 0) is 4.79 Å². The van der Waals surface area contributed by atoms with Gasteiger partial charge in [0.2, 0.25) is 5.91 Å². The molecule has 15 heavy (non-hydrogen) atoms. The van der Waals surface area contributed by atoms with E-state index in [0.717, 1.165) is 25.9 Å². The van der Waals surface area contributed by atoms with Crippen molar-refractivity contribution in [1.82, 2.24) is 10.0 Å². The lowest BCUT2D eigenvalue weighted by Crippen LogP contribution is -2.50. The van der Waals surface area contributed by atoms with Gasteiger partial charge in [0, 0.05) is 32.2 Å². The van der Waals surface area contributed by atoms with E-state index < -0.39 is 0 Å².